The van der Waals surface area contributed by atoms with Crippen LogP contribution < -0.4 is 15.2 Å². The van der Waals surface area contributed by atoms with Crippen molar-refractivity contribution in [1.82, 2.24) is 25.1 Å². The highest BCUT2D eigenvalue weighted by molar-refractivity contribution is 5.76. The lowest BCUT2D eigenvalue weighted by Crippen LogP contribution is -2.42. The first-order valence-electron chi connectivity index (χ1n) is 9.80. The summed E-state index contributed by atoms with van der Waals surface area (Å²) in [7, 11) is 3.28. The second kappa shape index (κ2) is 8.36. The Bertz CT molecular complexity index is 852. The van der Waals surface area contributed by atoms with E-state index >= 15 is 0 Å². The number of carbonyl (C=O) groups is 1. The van der Waals surface area contributed by atoms with Gasteiger partial charge in [0.25, 0.3) is 0 Å². The van der Waals surface area contributed by atoms with E-state index in [1.54, 1.807) is 14.2 Å². The smallest absolute Gasteiger partial charge is 0.220 e. The number of primary amides is 1. The number of nitrogens with two attached hydrogens (primary N) is 1. The number of amides is 1. The van der Waals surface area contributed by atoms with Crippen LogP contribution in [0.5, 0.6) is 11.5 Å². The minimum atomic E-state index is -0.297. The zero-order chi connectivity index (χ0) is 21.2. The number of likely N-dealkylation sites (tertiary alicyclic amines) is 1. The highest BCUT2D eigenvalue weighted by atomic mass is 16.5. The molecule has 1 aliphatic heterocycles. The molecule has 1 saturated heterocycles. The Morgan fingerprint density at radius 3 is 2.45 bits per heavy atom. The molecule has 1 aromatic heterocycles. The van der Waals surface area contributed by atoms with Gasteiger partial charge in [0, 0.05) is 11.5 Å². The Balaban J connectivity index is 2.09. The third kappa shape index (κ3) is 4.34. The molecule has 0 bridgehead atoms. The molecule has 158 valence electrons. The van der Waals surface area contributed by atoms with Crippen molar-refractivity contribution in [3.63, 3.8) is 0 Å². The molecule has 1 fully saturated rings. The van der Waals surface area contributed by atoms with Gasteiger partial charge in [-0.15, -0.1) is 5.10 Å². The van der Waals surface area contributed by atoms with Gasteiger partial charge in [-0.25, -0.2) is 4.68 Å². The predicted molar refractivity (Wildman–Crippen MR) is 108 cm³/mol. The Labute approximate surface area is 171 Å². The van der Waals surface area contributed by atoms with Gasteiger partial charge in [-0.2, -0.15) is 0 Å². The minimum absolute atomic E-state index is 0.0993. The van der Waals surface area contributed by atoms with Crippen LogP contribution in [0, 0.1) is 5.92 Å². The number of methoxy groups -OCH3 is 2. The lowest BCUT2D eigenvalue weighted by Gasteiger charge is -2.37. The summed E-state index contributed by atoms with van der Waals surface area (Å²) in [5, 5.41) is 12.6. The average molecular weight is 402 g/mol. The number of carbonyl (C=O) groups excluding carboxylic acids is 1. The number of nitrogens with zero attached hydrogens (tertiary/aromatic N) is 5. The molecular weight excluding hydrogens is 372 g/mol. The molecule has 2 heterocycles. The van der Waals surface area contributed by atoms with E-state index in [-0.39, 0.29) is 23.4 Å². The van der Waals surface area contributed by atoms with Crippen molar-refractivity contribution < 1.29 is 14.3 Å². The number of ether oxygens (including phenoxy) is 2. The van der Waals surface area contributed by atoms with E-state index in [0.717, 1.165) is 22.9 Å². The largest absolute Gasteiger partial charge is 0.497 e. The van der Waals surface area contributed by atoms with Gasteiger partial charge in [-0.1, -0.05) is 0 Å². The maximum Gasteiger partial charge on any atom is 0.220 e. The van der Waals surface area contributed by atoms with Gasteiger partial charge in [-0.05, 0) is 75.3 Å². The summed E-state index contributed by atoms with van der Waals surface area (Å²) in [6, 6.07) is 5.47. The second-order valence-electron chi connectivity index (χ2n) is 8.34. The van der Waals surface area contributed by atoms with E-state index in [0.29, 0.717) is 25.9 Å². The lowest BCUT2D eigenvalue weighted by molar-refractivity contribution is -0.123. The normalized spacial score (nSPS) is 17.1. The Hall–Kier alpha value is -2.68. The van der Waals surface area contributed by atoms with Crippen LogP contribution in [0.15, 0.2) is 18.2 Å². The molecule has 1 aliphatic rings. The van der Waals surface area contributed by atoms with Crippen molar-refractivity contribution in [2.45, 2.75) is 45.2 Å². The summed E-state index contributed by atoms with van der Waals surface area (Å²) < 4.78 is 13.0. The summed E-state index contributed by atoms with van der Waals surface area (Å²) >= 11 is 0. The van der Waals surface area contributed by atoms with E-state index in [1.807, 2.05) is 22.9 Å². The molecule has 3 rings (SSSR count). The molecule has 29 heavy (non-hydrogen) atoms. The SMILES string of the molecule is COc1ccc(OC)c([C@@H](c2nnnn2C(C)(C)C)N2CCC(C(N)=O)CC2)c1. The predicted octanol–water partition coefficient (Wildman–Crippen LogP) is 1.73. The maximum atomic E-state index is 11.6. The van der Waals surface area contributed by atoms with Crippen LogP contribution in [0.4, 0.5) is 0 Å². The molecule has 0 radical (unpaired) electrons. The first-order chi connectivity index (χ1) is 13.8. The third-order valence-electron chi connectivity index (χ3n) is 5.40. The van der Waals surface area contributed by atoms with Gasteiger partial charge in [0.1, 0.15) is 17.5 Å². The molecule has 1 atom stereocenters. The molecule has 0 spiro atoms. The summed E-state index contributed by atoms with van der Waals surface area (Å²) in [6.45, 7) is 7.59. The Morgan fingerprint density at radius 2 is 1.90 bits per heavy atom. The monoisotopic (exact) mass is 402 g/mol. The lowest BCUT2D eigenvalue weighted by atomic mass is 9.92. The van der Waals surface area contributed by atoms with Crippen LogP contribution in [0.3, 0.4) is 0 Å². The fourth-order valence-electron chi connectivity index (χ4n) is 3.84. The van der Waals surface area contributed by atoms with E-state index in [4.69, 9.17) is 15.2 Å². The van der Waals surface area contributed by atoms with Gasteiger partial charge >= 0.3 is 0 Å². The Morgan fingerprint density at radius 1 is 1.21 bits per heavy atom. The first-order valence-corrected chi connectivity index (χ1v) is 9.80. The van der Waals surface area contributed by atoms with Crippen molar-refractivity contribution >= 4 is 5.91 Å². The summed E-state index contributed by atoms with van der Waals surface area (Å²) in [5.41, 5.74) is 6.15. The van der Waals surface area contributed by atoms with Gasteiger partial charge in [0.15, 0.2) is 5.82 Å². The van der Waals surface area contributed by atoms with E-state index in [1.165, 1.54) is 0 Å². The molecular formula is C20H30N6O3. The van der Waals surface area contributed by atoms with Crippen LogP contribution >= 0.6 is 0 Å². The van der Waals surface area contributed by atoms with Gasteiger partial charge in [-0.3, -0.25) is 9.69 Å². The van der Waals surface area contributed by atoms with Crippen molar-refractivity contribution in [3.05, 3.63) is 29.6 Å². The highest BCUT2D eigenvalue weighted by Gasteiger charge is 2.36. The first kappa shape index (κ1) is 21.0. The zero-order valence-corrected chi connectivity index (χ0v) is 17.8. The van der Waals surface area contributed by atoms with Crippen LogP contribution in [-0.2, 0) is 10.3 Å². The average Bonchev–Trinajstić information content (AvgIpc) is 3.18. The molecule has 9 heteroatoms. The summed E-state index contributed by atoms with van der Waals surface area (Å²) in [6.07, 6.45) is 1.41. The minimum Gasteiger partial charge on any atom is -0.497 e. The van der Waals surface area contributed by atoms with E-state index in [2.05, 4.69) is 41.2 Å². The van der Waals surface area contributed by atoms with Crippen LogP contribution in [0.25, 0.3) is 0 Å². The molecule has 1 amide bonds. The van der Waals surface area contributed by atoms with Crippen LogP contribution in [-0.4, -0.2) is 58.3 Å². The van der Waals surface area contributed by atoms with Crippen molar-refractivity contribution in [1.29, 1.82) is 0 Å². The number of aromatic nitrogens is 4. The summed E-state index contributed by atoms with van der Waals surface area (Å²) in [5.74, 6) is 1.85. The van der Waals surface area contributed by atoms with E-state index in [9.17, 15) is 4.79 Å². The fourth-order valence-corrected chi connectivity index (χ4v) is 3.84. The fraction of sp³-hybridized carbons (Fsp3) is 0.600. The number of hydrogen-bond acceptors (Lipinski definition) is 7. The van der Waals surface area contributed by atoms with Crippen molar-refractivity contribution in [2.75, 3.05) is 27.3 Å². The highest BCUT2D eigenvalue weighted by Crippen LogP contribution is 2.38. The standard InChI is InChI=1S/C20H30N6O3/c1-20(2,3)26-19(22-23-24-26)17(25-10-8-13(9-11-25)18(21)27)15-12-14(28-4)6-7-16(15)29-5/h6-7,12-13,17H,8-11H2,1-5H3,(H2,21,27)/t17-/m0/s1. The molecule has 0 aliphatic carbocycles. The third-order valence-corrected chi connectivity index (χ3v) is 5.40. The van der Waals surface area contributed by atoms with Gasteiger partial charge < -0.3 is 15.2 Å². The number of rotatable bonds is 6. The van der Waals surface area contributed by atoms with Crippen LogP contribution in [0.1, 0.15) is 51.0 Å². The number of tetrazole rings is 1. The van der Waals surface area contributed by atoms with Crippen molar-refractivity contribution in [3.8, 4) is 11.5 Å². The van der Waals surface area contributed by atoms with Gasteiger partial charge in [0.05, 0.1) is 19.8 Å². The molecule has 1 aromatic carbocycles. The topological polar surface area (TPSA) is 108 Å². The number of hydrogen-bond donors (Lipinski definition) is 1. The second-order valence-corrected chi connectivity index (χ2v) is 8.34. The zero-order valence-electron chi connectivity index (χ0n) is 17.8. The molecule has 9 nitrogen and oxygen atoms in total. The Kier molecular flexibility index (Phi) is 6.07. The maximum absolute atomic E-state index is 11.6. The molecule has 0 saturated carbocycles. The summed E-state index contributed by atoms with van der Waals surface area (Å²) in [4.78, 5) is 13.9. The number of piperidine rings is 1. The molecule has 0 unspecified atom stereocenters. The van der Waals surface area contributed by atoms with E-state index < -0.39 is 0 Å². The quantitative estimate of drug-likeness (QED) is 0.784. The van der Waals surface area contributed by atoms with Crippen LogP contribution in [0.2, 0.25) is 0 Å². The molecule has 2 N–H and O–H groups in total. The number of benzene rings is 1. The van der Waals surface area contributed by atoms with Gasteiger partial charge in [0.2, 0.25) is 5.91 Å². The molecule has 2 aromatic rings. The van der Waals surface area contributed by atoms with Crippen molar-refractivity contribution in [2.24, 2.45) is 11.7 Å².